The summed E-state index contributed by atoms with van der Waals surface area (Å²) in [5.41, 5.74) is 1.00. The monoisotopic (exact) mass is 451 g/mol. The molecule has 0 aromatic heterocycles. The number of amides is 2. The molecule has 1 fully saturated rings. The summed E-state index contributed by atoms with van der Waals surface area (Å²) >= 11 is 6.30. The minimum atomic E-state index is -0.441. The van der Waals surface area contributed by atoms with Crippen molar-refractivity contribution < 1.29 is 14.3 Å². The minimum absolute atomic E-state index is 0.0951. The Labute approximate surface area is 192 Å². The number of hydrogen-bond donors (Lipinski definition) is 1. The number of anilines is 1. The molecule has 0 radical (unpaired) electrons. The first kappa shape index (κ1) is 25.3. The van der Waals surface area contributed by atoms with Crippen molar-refractivity contribution in [3.63, 3.8) is 0 Å². The highest BCUT2D eigenvalue weighted by atomic mass is 35.5. The van der Waals surface area contributed by atoms with Gasteiger partial charge in [-0.15, -0.1) is 0 Å². The van der Waals surface area contributed by atoms with E-state index in [9.17, 15) is 9.59 Å². The molecule has 1 saturated heterocycles. The number of halogens is 1. The molecule has 174 valence electrons. The summed E-state index contributed by atoms with van der Waals surface area (Å²) in [6.45, 7) is 9.43. The van der Waals surface area contributed by atoms with Gasteiger partial charge in [0.25, 0.3) is 5.91 Å². The van der Waals surface area contributed by atoms with Crippen molar-refractivity contribution in [3.8, 4) is 0 Å². The predicted octanol–water partition coefficient (Wildman–Crippen LogP) is 5.66. The van der Waals surface area contributed by atoms with Crippen LogP contribution in [0.4, 0.5) is 10.5 Å². The molecule has 0 bridgehead atoms. The van der Waals surface area contributed by atoms with E-state index in [0.717, 1.165) is 44.5 Å². The smallest absolute Gasteiger partial charge is 0.410 e. The summed E-state index contributed by atoms with van der Waals surface area (Å²) in [5, 5.41) is 3.95. The number of piperidine rings is 1. The van der Waals surface area contributed by atoms with Crippen LogP contribution in [-0.2, 0) is 4.74 Å². The number of carbonyl (C=O) groups excluding carboxylic acids is 2. The van der Waals surface area contributed by atoms with E-state index in [1.54, 1.807) is 20.2 Å². The zero-order chi connectivity index (χ0) is 23.2. The van der Waals surface area contributed by atoms with E-state index >= 15 is 0 Å². The molecule has 0 unspecified atom stereocenters. The molecule has 0 spiro atoms. The average Bonchev–Trinajstić information content (AvgIpc) is 2.66. The Morgan fingerprint density at radius 1 is 1.26 bits per heavy atom. The zero-order valence-electron chi connectivity index (χ0n) is 19.8. The SMILES string of the molecule is C[C@H](CCCC1CCN(C(=O)OC(C)(C)C)CC1)Nc1ccc(C(=O)N(C)C)c(Cl)c1. The molecule has 1 atom stereocenters. The molecule has 7 heteroatoms. The van der Waals surface area contributed by atoms with Crippen LogP contribution >= 0.6 is 11.6 Å². The Hall–Kier alpha value is -1.95. The summed E-state index contributed by atoms with van der Waals surface area (Å²) in [6.07, 6.45) is 5.25. The van der Waals surface area contributed by atoms with Crippen molar-refractivity contribution in [2.45, 2.75) is 71.4 Å². The van der Waals surface area contributed by atoms with Crippen LogP contribution in [0, 0.1) is 5.92 Å². The van der Waals surface area contributed by atoms with Crippen molar-refractivity contribution >= 4 is 29.3 Å². The molecule has 1 aromatic carbocycles. The van der Waals surface area contributed by atoms with Crippen LogP contribution < -0.4 is 5.32 Å². The maximum atomic E-state index is 12.2. The minimum Gasteiger partial charge on any atom is -0.444 e. The maximum Gasteiger partial charge on any atom is 0.410 e. The predicted molar refractivity (Wildman–Crippen MR) is 127 cm³/mol. The molecule has 0 saturated carbocycles. The summed E-state index contributed by atoms with van der Waals surface area (Å²) in [4.78, 5) is 27.6. The second-order valence-corrected chi connectivity index (χ2v) is 10.2. The average molecular weight is 452 g/mol. The van der Waals surface area contributed by atoms with E-state index < -0.39 is 5.60 Å². The first-order valence-electron chi connectivity index (χ1n) is 11.2. The van der Waals surface area contributed by atoms with Gasteiger partial charge in [-0.3, -0.25) is 4.79 Å². The highest BCUT2D eigenvalue weighted by Gasteiger charge is 2.26. The van der Waals surface area contributed by atoms with Gasteiger partial charge in [0, 0.05) is 38.9 Å². The van der Waals surface area contributed by atoms with Crippen LogP contribution in [0.25, 0.3) is 0 Å². The van der Waals surface area contributed by atoms with Crippen LogP contribution in [-0.4, -0.2) is 60.6 Å². The van der Waals surface area contributed by atoms with Crippen LogP contribution in [0.1, 0.15) is 70.2 Å². The number of likely N-dealkylation sites (tertiary alicyclic amines) is 1. The quantitative estimate of drug-likeness (QED) is 0.581. The van der Waals surface area contributed by atoms with Gasteiger partial charge in [0.05, 0.1) is 10.6 Å². The fraction of sp³-hybridized carbons (Fsp3) is 0.667. The number of carbonyl (C=O) groups is 2. The first-order valence-corrected chi connectivity index (χ1v) is 11.6. The zero-order valence-corrected chi connectivity index (χ0v) is 20.6. The van der Waals surface area contributed by atoms with Gasteiger partial charge in [-0.1, -0.05) is 24.4 Å². The lowest BCUT2D eigenvalue weighted by atomic mass is 9.91. The van der Waals surface area contributed by atoms with Crippen LogP contribution in [0.2, 0.25) is 5.02 Å². The van der Waals surface area contributed by atoms with Crippen LogP contribution in [0.3, 0.4) is 0 Å². The normalized spacial score (nSPS) is 16.0. The first-order chi connectivity index (χ1) is 14.5. The Morgan fingerprint density at radius 3 is 2.45 bits per heavy atom. The van der Waals surface area contributed by atoms with E-state index in [-0.39, 0.29) is 12.0 Å². The third kappa shape index (κ3) is 8.24. The lowest BCUT2D eigenvalue weighted by Gasteiger charge is -2.33. The molecule has 2 amide bonds. The van der Waals surface area contributed by atoms with Crippen molar-refractivity contribution in [2.75, 3.05) is 32.5 Å². The molecule has 31 heavy (non-hydrogen) atoms. The van der Waals surface area contributed by atoms with E-state index in [2.05, 4.69) is 12.2 Å². The largest absolute Gasteiger partial charge is 0.444 e. The van der Waals surface area contributed by atoms with Gasteiger partial charge in [0.2, 0.25) is 0 Å². The Kier molecular flexibility index (Phi) is 9.04. The van der Waals surface area contributed by atoms with Gasteiger partial charge in [0.15, 0.2) is 0 Å². The summed E-state index contributed by atoms with van der Waals surface area (Å²) in [7, 11) is 3.43. The van der Waals surface area contributed by atoms with E-state index in [1.165, 1.54) is 11.3 Å². The van der Waals surface area contributed by atoms with Crippen LogP contribution in [0.5, 0.6) is 0 Å². The fourth-order valence-electron chi connectivity index (χ4n) is 3.82. The summed E-state index contributed by atoms with van der Waals surface area (Å²) < 4.78 is 5.47. The standard InChI is InChI=1S/C24H38ClN3O3/c1-17(26-19-10-11-20(21(25)16-19)22(29)27(5)6)8-7-9-18-12-14-28(15-13-18)23(30)31-24(2,3)4/h10-11,16-18,26H,7-9,12-15H2,1-6H3/t17-/m1/s1. The molecule has 1 aliphatic heterocycles. The molecule has 1 N–H and O–H groups in total. The lowest BCUT2D eigenvalue weighted by Crippen LogP contribution is -2.41. The van der Waals surface area contributed by atoms with Gasteiger partial charge in [-0.25, -0.2) is 4.79 Å². The van der Waals surface area contributed by atoms with Gasteiger partial charge in [0.1, 0.15) is 5.60 Å². The number of rotatable bonds is 7. The topological polar surface area (TPSA) is 61.9 Å². The van der Waals surface area contributed by atoms with Crippen molar-refractivity contribution in [2.24, 2.45) is 5.92 Å². The number of benzene rings is 1. The third-order valence-corrected chi connectivity index (χ3v) is 5.85. The van der Waals surface area contributed by atoms with E-state index in [0.29, 0.717) is 22.5 Å². The Morgan fingerprint density at radius 2 is 1.90 bits per heavy atom. The van der Waals surface area contributed by atoms with E-state index in [1.807, 2.05) is 37.8 Å². The second-order valence-electron chi connectivity index (χ2n) is 9.78. The molecule has 0 aliphatic carbocycles. The number of nitrogens with zero attached hydrogens (tertiary/aromatic N) is 2. The van der Waals surface area contributed by atoms with Crippen molar-refractivity contribution in [1.82, 2.24) is 9.80 Å². The molecule has 1 aliphatic rings. The van der Waals surface area contributed by atoms with Gasteiger partial charge in [-0.2, -0.15) is 0 Å². The van der Waals surface area contributed by atoms with Gasteiger partial charge < -0.3 is 19.9 Å². The van der Waals surface area contributed by atoms with E-state index in [4.69, 9.17) is 16.3 Å². The molecular weight excluding hydrogens is 414 g/mol. The molecule has 1 aromatic rings. The summed E-state index contributed by atoms with van der Waals surface area (Å²) in [5.74, 6) is 0.568. The number of hydrogen-bond acceptors (Lipinski definition) is 4. The Balaban J connectivity index is 1.71. The molecular formula is C24H38ClN3O3. The second kappa shape index (κ2) is 11.1. The molecule has 2 rings (SSSR count). The van der Waals surface area contributed by atoms with Crippen molar-refractivity contribution in [3.05, 3.63) is 28.8 Å². The fourth-order valence-corrected chi connectivity index (χ4v) is 4.08. The van der Waals surface area contributed by atoms with Crippen molar-refractivity contribution in [1.29, 1.82) is 0 Å². The highest BCUT2D eigenvalue weighted by Crippen LogP contribution is 2.26. The third-order valence-electron chi connectivity index (χ3n) is 5.53. The van der Waals surface area contributed by atoms with Crippen LogP contribution in [0.15, 0.2) is 18.2 Å². The summed E-state index contributed by atoms with van der Waals surface area (Å²) in [6, 6.07) is 5.82. The van der Waals surface area contributed by atoms with Gasteiger partial charge in [-0.05, 0) is 71.1 Å². The Bertz CT molecular complexity index is 753. The molecule has 6 nitrogen and oxygen atoms in total. The van der Waals surface area contributed by atoms with Gasteiger partial charge >= 0.3 is 6.09 Å². The lowest BCUT2D eigenvalue weighted by molar-refractivity contribution is 0.0180. The molecule has 1 heterocycles. The number of ether oxygens (including phenoxy) is 1. The highest BCUT2D eigenvalue weighted by molar-refractivity contribution is 6.34. The maximum absolute atomic E-state index is 12.2. The number of nitrogens with one attached hydrogen (secondary N) is 1.